The zero-order chi connectivity index (χ0) is 27.1. The number of H-pyrrole nitrogens is 1. The summed E-state index contributed by atoms with van der Waals surface area (Å²) in [6.45, 7) is 4.14. The molecule has 0 saturated carbocycles. The van der Waals surface area contributed by atoms with E-state index in [2.05, 4.69) is 39.9 Å². The Bertz CT molecular complexity index is 1270. The van der Waals surface area contributed by atoms with Crippen LogP contribution in [0.3, 0.4) is 0 Å². The Morgan fingerprint density at radius 2 is 1.79 bits per heavy atom. The summed E-state index contributed by atoms with van der Waals surface area (Å²) >= 11 is 0. The van der Waals surface area contributed by atoms with Crippen LogP contribution in [0.5, 0.6) is 5.75 Å². The molecule has 1 heterocycles. The second-order valence-electron chi connectivity index (χ2n) is 10.5. The number of unbranched alkanes of at least 4 members (excludes halogenated alkanes) is 2. The second kappa shape index (κ2) is 12.8. The van der Waals surface area contributed by atoms with E-state index in [0.717, 1.165) is 60.0 Å². The van der Waals surface area contributed by atoms with Gasteiger partial charge in [0.15, 0.2) is 0 Å². The maximum absolute atomic E-state index is 13.2. The smallest absolute Gasteiger partial charge is 0.242 e. The predicted molar refractivity (Wildman–Crippen MR) is 149 cm³/mol. The van der Waals surface area contributed by atoms with Gasteiger partial charge in [0, 0.05) is 29.6 Å². The van der Waals surface area contributed by atoms with Gasteiger partial charge in [0.1, 0.15) is 17.6 Å². The molecule has 3 aromatic rings. The topological polar surface area (TPSA) is 100 Å². The zero-order valence-electron chi connectivity index (χ0n) is 22.7. The standard InChI is InChI=1S/C31H39N3O4/c1-20(35)9-5-4-6-12-29(31(37)32-19-22-15-23-10-7-8-11-24(23)16-22)34-30(36)18-26-21(2)33-28-14-13-25(38-3)17-27(26)28/h7-8,10-11,13-14,17,22,29,33H,4-6,9,12,15-16,18-19H2,1-3H3,(H,32,37)(H,34,36). The van der Waals surface area contributed by atoms with Crippen molar-refractivity contribution in [2.24, 2.45) is 5.92 Å². The largest absolute Gasteiger partial charge is 0.497 e. The number of rotatable bonds is 13. The first-order chi connectivity index (χ1) is 18.3. The molecule has 1 aliphatic carbocycles. The Labute approximate surface area is 224 Å². The Kier molecular flexibility index (Phi) is 9.21. The minimum absolute atomic E-state index is 0.141. The summed E-state index contributed by atoms with van der Waals surface area (Å²) < 4.78 is 5.37. The van der Waals surface area contributed by atoms with Crippen LogP contribution in [0.2, 0.25) is 0 Å². The number of nitrogens with one attached hydrogen (secondary N) is 3. The molecule has 4 rings (SSSR count). The lowest BCUT2D eigenvalue weighted by atomic mass is 10.0. The molecule has 0 fully saturated rings. The first-order valence-corrected chi connectivity index (χ1v) is 13.6. The van der Waals surface area contributed by atoms with Crippen LogP contribution in [0, 0.1) is 12.8 Å². The van der Waals surface area contributed by atoms with Crippen molar-refractivity contribution in [3.05, 3.63) is 64.8 Å². The van der Waals surface area contributed by atoms with E-state index >= 15 is 0 Å². The van der Waals surface area contributed by atoms with Crippen LogP contribution in [0.25, 0.3) is 10.9 Å². The number of methoxy groups -OCH3 is 1. The second-order valence-corrected chi connectivity index (χ2v) is 10.5. The molecule has 0 spiro atoms. The lowest BCUT2D eigenvalue weighted by molar-refractivity contribution is -0.129. The number of hydrogen-bond acceptors (Lipinski definition) is 4. The van der Waals surface area contributed by atoms with Crippen molar-refractivity contribution in [1.82, 2.24) is 15.6 Å². The van der Waals surface area contributed by atoms with Crippen LogP contribution >= 0.6 is 0 Å². The van der Waals surface area contributed by atoms with Gasteiger partial charge in [-0.3, -0.25) is 9.59 Å². The Balaban J connectivity index is 1.38. The van der Waals surface area contributed by atoms with E-state index in [9.17, 15) is 14.4 Å². The summed E-state index contributed by atoms with van der Waals surface area (Å²) in [5, 5.41) is 7.06. The third-order valence-corrected chi connectivity index (χ3v) is 7.54. The van der Waals surface area contributed by atoms with Crippen LogP contribution in [0.1, 0.15) is 61.4 Å². The first-order valence-electron chi connectivity index (χ1n) is 13.6. The Morgan fingerprint density at radius 3 is 2.47 bits per heavy atom. The molecule has 1 aliphatic rings. The van der Waals surface area contributed by atoms with Gasteiger partial charge in [-0.05, 0) is 80.3 Å². The van der Waals surface area contributed by atoms with E-state index in [-0.39, 0.29) is 24.0 Å². The number of carbonyl (C=O) groups excluding carboxylic acids is 3. The van der Waals surface area contributed by atoms with Crippen molar-refractivity contribution in [2.75, 3.05) is 13.7 Å². The van der Waals surface area contributed by atoms with Gasteiger partial charge < -0.3 is 25.1 Å². The third kappa shape index (κ3) is 7.03. The van der Waals surface area contributed by atoms with Crippen molar-refractivity contribution >= 4 is 28.5 Å². The SMILES string of the molecule is COc1ccc2[nH]c(C)c(CC(=O)NC(CCCCCC(C)=O)C(=O)NCC3Cc4ccccc4C3)c2c1. The van der Waals surface area contributed by atoms with Crippen LogP contribution in [0.4, 0.5) is 0 Å². The van der Waals surface area contributed by atoms with Crippen LogP contribution in [-0.4, -0.2) is 42.3 Å². The summed E-state index contributed by atoms with van der Waals surface area (Å²) in [6.07, 6.45) is 5.60. The molecule has 1 aromatic heterocycles. The summed E-state index contributed by atoms with van der Waals surface area (Å²) in [5.41, 5.74) is 5.49. The van der Waals surface area contributed by atoms with Gasteiger partial charge in [0.05, 0.1) is 13.5 Å². The predicted octanol–water partition coefficient (Wildman–Crippen LogP) is 4.58. The molecule has 7 heteroatoms. The van der Waals surface area contributed by atoms with Gasteiger partial charge in [0.2, 0.25) is 11.8 Å². The molecule has 1 atom stereocenters. The average molecular weight is 518 g/mol. The first kappa shape index (κ1) is 27.4. The lowest BCUT2D eigenvalue weighted by Crippen LogP contribution is -2.48. The van der Waals surface area contributed by atoms with Crippen molar-refractivity contribution < 1.29 is 19.1 Å². The van der Waals surface area contributed by atoms with E-state index in [1.807, 2.05) is 25.1 Å². The molecule has 38 heavy (non-hydrogen) atoms. The maximum Gasteiger partial charge on any atom is 0.242 e. The lowest BCUT2D eigenvalue weighted by Gasteiger charge is -2.20. The van der Waals surface area contributed by atoms with E-state index < -0.39 is 6.04 Å². The number of carbonyl (C=O) groups is 3. The number of aryl methyl sites for hydroxylation is 1. The fourth-order valence-corrected chi connectivity index (χ4v) is 5.45. The van der Waals surface area contributed by atoms with Crippen LogP contribution < -0.4 is 15.4 Å². The summed E-state index contributed by atoms with van der Waals surface area (Å²) in [5.74, 6) is 0.949. The van der Waals surface area contributed by atoms with Crippen molar-refractivity contribution in [2.45, 2.75) is 71.3 Å². The summed E-state index contributed by atoms with van der Waals surface area (Å²) in [6, 6.07) is 13.6. The number of amides is 2. The van der Waals surface area contributed by atoms with E-state index in [0.29, 0.717) is 25.3 Å². The molecule has 0 bridgehead atoms. The molecule has 3 N–H and O–H groups in total. The fraction of sp³-hybridized carbons (Fsp3) is 0.452. The number of Topliss-reactive ketones (excluding diaryl/α,β-unsaturated/α-hetero) is 1. The molecule has 0 aliphatic heterocycles. The van der Waals surface area contributed by atoms with Gasteiger partial charge in [-0.2, -0.15) is 0 Å². The molecule has 0 radical (unpaired) electrons. The maximum atomic E-state index is 13.2. The number of aromatic nitrogens is 1. The van der Waals surface area contributed by atoms with Crippen LogP contribution in [0.15, 0.2) is 42.5 Å². The van der Waals surface area contributed by atoms with Gasteiger partial charge in [-0.1, -0.05) is 37.1 Å². The minimum atomic E-state index is -0.608. The average Bonchev–Trinajstić information content (AvgIpc) is 3.45. The number of hydrogen-bond donors (Lipinski definition) is 3. The Morgan fingerprint density at radius 1 is 1.05 bits per heavy atom. The Hall–Kier alpha value is -3.61. The summed E-state index contributed by atoms with van der Waals surface area (Å²) in [4.78, 5) is 41.0. The highest BCUT2D eigenvalue weighted by Crippen LogP contribution is 2.27. The summed E-state index contributed by atoms with van der Waals surface area (Å²) in [7, 11) is 1.62. The van der Waals surface area contributed by atoms with Crippen molar-refractivity contribution in [3.8, 4) is 5.75 Å². The number of ketones is 1. The van der Waals surface area contributed by atoms with Crippen molar-refractivity contribution in [3.63, 3.8) is 0 Å². The van der Waals surface area contributed by atoms with Gasteiger partial charge in [-0.15, -0.1) is 0 Å². The monoisotopic (exact) mass is 517 g/mol. The van der Waals surface area contributed by atoms with E-state index in [1.54, 1.807) is 14.0 Å². The normalized spacial score (nSPS) is 13.8. The highest BCUT2D eigenvalue weighted by Gasteiger charge is 2.25. The number of benzene rings is 2. The molecule has 2 aromatic carbocycles. The highest BCUT2D eigenvalue weighted by molar-refractivity contribution is 5.93. The number of aromatic amines is 1. The van der Waals surface area contributed by atoms with Gasteiger partial charge >= 0.3 is 0 Å². The van der Waals surface area contributed by atoms with E-state index in [1.165, 1.54) is 11.1 Å². The fourth-order valence-electron chi connectivity index (χ4n) is 5.45. The highest BCUT2D eigenvalue weighted by atomic mass is 16.5. The molecule has 202 valence electrons. The van der Waals surface area contributed by atoms with E-state index in [4.69, 9.17) is 4.74 Å². The molecular formula is C31H39N3O4. The molecule has 7 nitrogen and oxygen atoms in total. The molecule has 1 unspecified atom stereocenters. The van der Waals surface area contributed by atoms with Gasteiger partial charge in [0.25, 0.3) is 0 Å². The molecule has 2 amide bonds. The molecular weight excluding hydrogens is 478 g/mol. The molecule has 0 saturated heterocycles. The zero-order valence-corrected chi connectivity index (χ0v) is 22.7. The number of fused-ring (bicyclic) bond motifs is 2. The van der Waals surface area contributed by atoms with Crippen molar-refractivity contribution in [1.29, 1.82) is 0 Å². The number of ether oxygens (including phenoxy) is 1. The minimum Gasteiger partial charge on any atom is -0.497 e. The third-order valence-electron chi connectivity index (χ3n) is 7.54. The van der Waals surface area contributed by atoms with Gasteiger partial charge in [-0.25, -0.2) is 0 Å². The quantitative estimate of drug-likeness (QED) is 0.289. The van der Waals surface area contributed by atoms with Crippen LogP contribution in [-0.2, 0) is 33.6 Å².